The van der Waals surface area contributed by atoms with E-state index in [4.69, 9.17) is 4.74 Å². The number of carbonyl (C=O) groups excluding carboxylic acids is 1. The molecule has 9 heteroatoms. The molecular formula is C19H17N5O4. The minimum atomic E-state index is -1.23. The molecule has 4 rings (SSSR count). The highest BCUT2D eigenvalue weighted by Crippen LogP contribution is 2.44. The third-order valence-electron chi connectivity index (χ3n) is 4.67. The Balaban J connectivity index is 1.44. The van der Waals surface area contributed by atoms with Gasteiger partial charge in [-0.1, -0.05) is 48.5 Å². The molecule has 0 aliphatic heterocycles. The van der Waals surface area contributed by atoms with Gasteiger partial charge in [-0.3, -0.25) is 0 Å². The van der Waals surface area contributed by atoms with Gasteiger partial charge in [0.2, 0.25) is 0 Å². The molecule has 0 bridgehead atoms. The van der Waals surface area contributed by atoms with Crippen molar-refractivity contribution in [3.8, 4) is 11.1 Å². The predicted octanol–water partition coefficient (Wildman–Crippen LogP) is 1.67. The van der Waals surface area contributed by atoms with Crippen molar-refractivity contribution in [2.24, 2.45) is 0 Å². The van der Waals surface area contributed by atoms with Crippen LogP contribution in [0.4, 0.5) is 4.79 Å². The molecule has 3 aromatic rings. The van der Waals surface area contributed by atoms with Gasteiger partial charge in [0, 0.05) is 5.92 Å². The zero-order valence-electron chi connectivity index (χ0n) is 14.7. The van der Waals surface area contributed by atoms with Crippen LogP contribution in [0.15, 0.2) is 54.9 Å². The van der Waals surface area contributed by atoms with E-state index in [2.05, 4.69) is 20.7 Å². The molecule has 28 heavy (non-hydrogen) atoms. The van der Waals surface area contributed by atoms with Crippen molar-refractivity contribution in [2.45, 2.75) is 18.5 Å². The molecule has 0 saturated carbocycles. The van der Waals surface area contributed by atoms with Gasteiger partial charge in [0.05, 0.1) is 6.54 Å². The van der Waals surface area contributed by atoms with E-state index in [-0.39, 0.29) is 19.1 Å². The number of alkyl carbamates (subject to hydrolysis) is 1. The molecular weight excluding hydrogens is 362 g/mol. The number of fused-ring (bicyclic) bond motifs is 3. The van der Waals surface area contributed by atoms with Gasteiger partial charge < -0.3 is 15.2 Å². The fraction of sp³-hybridized carbons (Fsp3) is 0.211. The van der Waals surface area contributed by atoms with Crippen molar-refractivity contribution in [2.75, 3.05) is 6.61 Å². The van der Waals surface area contributed by atoms with Crippen molar-refractivity contribution in [3.05, 3.63) is 66.0 Å². The van der Waals surface area contributed by atoms with Crippen LogP contribution in [-0.4, -0.2) is 50.0 Å². The maximum atomic E-state index is 12.2. The van der Waals surface area contributed by atoms with Gasteiger partial charge in [-0.2, -0.15) is 4.80 Å². The van der Waals surface area contributed by atoms with Gasteiger partial charge in [0.25, 0.3) is 0 Å². The topological polar surface area (TPSA) is 119 Å². The Bertz CT molecular complexity index is 960. The summed E-state index contributed by atoms with van der Waals surface area (Å²) in [6.07, 6.45) is 0.376. The Morgan fingerprint density at radius 2 is 1.75 bits per heavy atom. The summed E-state index contributed by atoms with van der Waals surface area (Å²) in [5.74, 6) is -1.32. The van der Waals surface area contributed by atoms with Crippen LogP contribution in [0.1, 0.15) is 17.0 Å². The third-order valence-corrected chi connectivity index (χ3v) is 4.67. The molecule has 2 aromatic carbocycles. The minimum Gasteiger partial charge on any atom is -0.480 e. The number of rotatable bonds is 6. The predicted molar refractivity (Wildman–Crippen MR) is 97.4 cm³/mol. The smallest absolute Gasteiger partial charge is 0.407 e. The highest BCUT2D eigenvalue weighted by molar-refractivity contribution is 5.81. The molecule has 0 radical (unpaired) electrons. The van der Waals surface area contributed by atoms with E-state index >= 15 is 0 Å². The highest BCUT2D eigenvalue weighted by Gasteiger charge is 2.29. The second-order valence-corrected chi connectivity index (χ2v) is 6.35. The molecule has 1 heterocycles. The molecule has 0 saturated heterocycles. The molecule has 1 amide bonds. The Morgan fingerprint density at radius 1 is 1.11 bits per heavy atom. The fourth-order valence-corrected chi connectivity index (χ4v) is 3.40. The van der Waals surface area contributed by atoms with Gasteiger partial charge in [0.15, 0.2) is 12.4 Å². The molecule has 1 aliphatic carbocycles. The number of amides is 1. The zero-order chi connectivity index (χ0) is 19.5. The van der Waals surface area contributed by atoms with Crippen molar-refractivity contribution >= 4 is 12.1 Å². The number of tetrazole rings is 1. The molecule has 0 spiro atoms. The summed E-state index contributed by atoms with van der Waals surface area (Å²) in [5, 5.41) is 22.5. The lowest BCUT2D eigenvalue weighted by atomic mass is 9.98. The summed E-state index contributed by atoms with van der Waals surface area (Å²) in [5.41, 5.74) is 4.40. The van der Waals surface area contributed by atoms with Crippen LogP contribution < -0.4 is 5.32 Å². The van der Waals surface area contributed by atoms with Gasteiger partial charge >= 0.3 is 12.1 Å². The van der Waals surface area contributed by atoms with Crippen LogP contribution in [0.2, 0.25) is 0 Å². The van der Waals surface area contributed by atoms with Gasteiger partial charge in [-0.25, -0.2) is 9.59 Å². The molecule has 142 valence electrons. The number of aliphatic carboxylic acids is 1. The summed E-state index contributed by atoms with van der Waals surface area (Å²) in [4.78, 5) is 24.7. The second-order valence-electron chi connectivity index (χ2n) is 6.35. The first-order chi connectivity index (χ1) is 13.6. The summed E-state index contributed by atoms with van der Waals surface area (Å²) in [7, 11) is 0. The van der Waals surface area contributed by atoms with E-state index in [1.54, 1.807) is 0 Å². The Hall–Kier alpha value is -3.75. The van der Waals surface area contributed by atoms with Crippen LogP contribution in [0.3, 0.4) is 0 Å². The summed E-state index contributed by atoms with van der Waals surface area (Å²) < 4.78 is 5.36. The highest BCUT2D eigenvalue weighted by atomic mass is 16.5. The molecule has 1 aliphatic rings. The van der Waals surface area contributed by atoms with Crippen LogP contribution in [-0.2, 0) is 16.1 Å². The molecule has 0 unspecified atom stereocenters. The van der Waals surface area contributed by atoms with E-state index < -0.39 is 18.1 Å². The maximum absolute atomic E-state index is 12.2. The quantitative estimate of drug-likeness (QED) is 0.668. The molecule has 2 N–H and O–H groups in total. The van der Waals surface area contributed by atoms with Gasteiger partial charge in [-0.05, 0) is 27.5 Å². The third kappa shape index (κ3) is 3.41. The minimum absolute atomic E-state index is 0.0987. The average Bonchev–Trinajstić information content (AvgIpc) is 3.32. The number of carbonyl (C=O) groups is 2. The van der Waals surface area contributed by atoms with Crippen molar-refractivity contribution in [3.63, 3.8) is 0 Å². The van der Waals surface area contributed by atoms with Crippen LogP contribution in [0.5, 0.6) is 0 Å². The van der Waals surface area contributed by atoms with Gasteiger partial charge in [-0.15, -0.1) is 10.2 Å². The number of ether oxygens (including phenoxy) is 1. The van der Waals surface area contributed by atoms with E-state index in [9.17, 15) is 14.7 Å². The first kappa shape index (κ1) is 17.7. The largest absolute Gasteiger partial charge is 0.480 e. The normalized spacial score (nSPS) is 13.4. The number of carboxylic acid groups (broad SMARTS) is 1. The Morgan fingerprint density at radius 3 is 2.32 bits per heavy atom. The first-order valence-corrected chi connectivity index (χ1v) is 8.68. The summed E-state index contributed by atoms with van der Waals surface area (Å²) >= 11 is 0. The van der Waals surface area contributed by atoms with Crippen molar-refractivity contribution < 1.29 is 19.4 Å². The van der Waals surface area contributed by atoms with Crippen LogP contribution in [0, 0.1) is 0 Å². The van der Waals surface area contributed by atoms with E-state index in [1.165, 1.54) is 6.33 Å². The molecule has 1 atom stereocenters. The molecule has 9 nitrogen and oxygen atoms in total. The number of carboxylic acids is 1. The Labute approximate surface area is 159 Å². The standard InChI is InChI=1S/C19H17N5O4/c25-18(26)17(9-24-21-11-20-23-24)22-19(27)28-10-16-14-7-3-1-5-12(14)13-6-2-4-8-15(13)16/h1-8,11,16-17H,9-10H2,(H,22,27)(H,25,26)/t17-/m0/s1. The number of hydrogen-bond acceptors (Lipinski definition) is 6. The maximum Gasteiger partial charge on any atom is 0.407 e. The number of benzene rings is 2. The van der Waals surface area contributed by atoms with Crippen LogP contribution in [0.25, 0.3) is 11.1 Å². The first-order valence-electron chi connectivity index (χ1n) is 8.68. The number of aromatic nitrogens is 4. The van der Waals surface area contributed by atoms with Crippen molar-refractivity contribution in [1.29, 1.82) is 0 Å². The number of nitrogens with zero attached hydrogens (tertiary/aromatic N) is 4. The average molecular weight is 379 g/mol. The van der Waals surface area contributed by atoms with Crippen molar-refractivity contribution in [1.82, 2.24) is 25.5 Å². The van der Waals surface area contributed by atoms with E-state index in [0.29, 0.717) is 0 Å². The fourth-order valence-electron chi connectivity index (χ4n) is 3.40. The number of hydrogen-bond donors (Lipinski definition) is 2. The lowest BCUT2D eigenvalue weighted by Gasteiger charge is -2.17. The summed E-state index contributed by atoms with van der Waals surface area (Å²) in [6, 6.07) is 14.7. The second kappa shape index (κ2) is 7.47. The molecule has 1 aromatic heterocycles. The lowest BCUT2D eigenvalue weighted by molar-refractivity contribution is -0.139. The SMILES string of the molecule is O=C(N[C@@H](Cn1ncnn1)C(=O)O)OCC1c2ccccc2-c2ccccc21. The van der Waals surface area contributed by atoms with E-state index in [0.717, 1.165) is 27.1 Å². The number of nitrogens with one attached hydrogen (secondary N) is 1. The van der Waals surface area contributed by atoms with Gasteiger partial charge in [0.1, 0.15) is 6.61 Å². The molecule has 0 fully saturated rings. The van der Waals surface area contributed by atoms with Crippen LogP contribution >= 0.6 is 0 Å². The lowest BCUT2D eigenvalue weighted by Crippen LogP contribution is -2.44. The zero-order valence-corrected chi connectivity index (χ0v) is 14.7. The summed E-state index contributed by atoms with van der Waals surface area (Å²) in [6.45, 7) is -0.0483. The Kier molecular flexibility index (Phi) is 4.71. The van der Waals surface area contributed by atoms with E-state index in [1.807, 2.05) is 48.5 Å². The monoisotopic (exact) mass is 379 g/mol.